The van der Waals surface area contributed by atoms with Gasteiger partial charge in [0, 0.05) is 19.8 Å². The van der Waals surface area contributed by atoms with Crippen LogP contribution in [-0.2, 0) is 14.2 Å². The summed E-state index contributed by atoms with van der Waals surface area (Å²) in [4.78, 5) is 0. The monoisotopic (exact) mass is 468 g/mol. The van der Waals surface area contributed by atoms with Gasteiger partial charge in [-0.25, -0.2) is 0 Å². The summed E-state index contributed by atoms with van der Waals surface area (Å²) in [5.74, 6) is 0. The largest absolute Gasteiger partial charge is 0.381 e. The Morgan fingerprint density at radius 3 is 1.09 bits per heavy atom. The number of epoxide rings is 1. The minimum absolute atomic E-state index is 0.420. The molecule has 0 aromatic heterocycles. The highest BCUT2D eigenvalue weighted by molar-refractivity contribution is 4.67. The van der Waals surface area contributed by atoms with Gasteiger partial charge >= 0.3 is 0 Å². The highest BCUT2D eigenvalue weighted by atomic mass is 16.6. The summed E-state index contributed by atoms with van der Waals surface area (Å²) in [5.41, 5.74) is 0. The van der Waals surface area contributed by atoms with E-state index >= 15 is 0 Å². The van der Waals surface area contributed by atoms with Crippen molar-refractivity contribution in [2.24, 2.45) is 0 Å². The Balaban J connectivity index is 1.58. The standard InChI is InChI=1S/C30H60O3/c1-2-3-4-5-6-7-13-16-19-22-25-31-26-23-20-17-14-11-9-8-10-12-15-18-21-24-27-32-28-30-29-33-30/h30H,2-29H2,1H3. The van der Waals surface area contributed by atoms with Crippen molar-refractivity contribution >= 4 is 0 Å². The highest BCUT2D eigenvalue weighted by Crippen LogP contribution is 2.14. The molecule has 1 atom stereocenters. The van der Waals surface area contributed by atoms with E-state index in [1.165, 1.54) is 148 Å². The number of hydrogen-bond donors (Lipinski definition) is 0. The van der Waals surface area contributed by atoms with E-state index in [0.29, 0.717) is 6.10 Å². The van der Waals surface area contributed by atoms with Crippen LogP contribution in [0.4, 0.5) is 0 Å². The molecule has 1 heterocycles. The minimum Gasteiger partial charge on any atom is -0.381 e. The Kier molecular flexibility index (Phi) is 24.8. The van der Waals surface area contributed by atoms with Crippen molar-refractivity contribution in [1.82, 2.24) is 0 Å². The second-order valence-electron chi connectivity index (χ2n) is 10.4. The first-order valence-corrected chi connectivity index (χ1v) is 15.2. The SMILES string of the molecule is CCCCCCCCCCCCOCCCCCCCCCCCCCCCOCC1CO1. The molecule has 0 aromatic carbocycles. The summed E-state index contributed by atoms with van der Waals surface area (Å²) in [6.45, 7) is 6.91. The first-order chi connectivity index (χ1) is 16.4. The van der Waals surface area contributed by atoms with Crippen molar-refractivity contribution in [3.05, 3.63) is 0 Å². The fourth-order valence-corrected chi connectivity index (χ4v) is 4.53. The zero-order valence-electron chi connectivity index (χ0n) is 22.6. The van der Waals surface area contributed by atoms with Crippen molar-refractivity contribution in [2.45, 2.75) is 161 Å². The molecule has 1 unspecified atom stereocenters. The average Bonchev–Trinajstić information content (AvgIpc) is 3.65. The van der Waals surface area contributed by atoms with Gasteiger partial charge in [0.1, 0.15) is 6.10 Å². The summed E-state index contributed by atoms with van der Waals surface area (Å²) < 4.78 is 16.5. The molecule has 0 radical (unpaired) electrons. The Morgan fingerprint density at radius 1 is 0.455 bits per heavy atom. The van der Waals surface area contributed by atoms with Crippen LogP contribution >= 0.6 is 0 Å². The Bertz CT molecular complexity index is 356. The van der Waals surface area contributed by atoms with Gasteiger partial charge in [-0.05, 0) is 19.3 Å². The second kappa shape index (κ2) is 26.5. The molecule has 33 heavy (non-hydrogen) atoms. The first-order valence-electron chi connectivity index (χ1n) is 15.2. The molecule has 1 rings (SSSR count). The van der Waals surface area contributed by atoms with Crippen molar-refractivity contribution in [3.8, 4) is 0 Å². The van der Waals surface area contributed by atoms with Crippen LogP contribution in [0.15, 0.2) is 0 Å². The molecule has 0 bridgehead atoms. The lowest BCUT2D eigenvalue weighted by Crippen LogP contribution is -2.02. The summed E-state index contributed by atoms with van der Waals surface area (Å²) in [7, 11) is 0. The van der Waals surface area contributed by atoms with Crippen LogP contribution in [0.3, 0.4) is 0 Å². The van der Waals surface area contributed by atoms with Crippen LogP contribution < -0.4 is 0 Å². The van der Waals surface area contributed by atoms with E-state index in [-0.39, 0.29) is 0 Å². The van der Waals surface area contributed by atoms with Gasteiger partial charge in [-0.3, -0.25) is 0 Å². The third kappa shape index (κ3) is 26.3. The highest BCUT2D eigenvalue weighted by Gasteiger charge is 2.21. The second-order valence-corrected chi connectivity index (χ2v) is 10.4. The first kappa shape index (κ1) is 30.9. The molecule has 0 saturated carbocycles. The van der Waals surface area contributed by atoms with E-state index < -0.39 is 0 Å². The van der Waals surface area contributed by atoms with Gasteiger partial charge in [0.25, 0.3) is 0 Å². The van der Waals surface area contributed by atoms with Crippen molar-refractivity contribution in [2.75, 3.05) is 33.0 Å². The van der Waals surface area contributed by atoms with Crippen LogP contribution in [0, 0.1) is 0 Å². The van der Waals surface area contributed by atoms with Crippen LogP contribution in [0.2, 0.25) is 0 Å². The lowest BCUT2D eigenvalue weighted by molar-refractivity contribution is 0.113. The molecule has 0 N–H and O–H groups in total. The molecule has 1 aliphatic rings. The zero-order chi connectivity index (χ0) is 23.5. The molecule has 0 aromatic rings. The number of hydrogen-bond acceptors (Lipinski definition) is 3. The lowest BCUT2D eigenvalue weighted by Gasteiger charge is -2.05. The van der Waals surface area contributed by atoms with E-state index in [1.807, 2.05) is 0 Å². The van der Waals surface area contributed by atoms with E-state index in [4.69, 9.17) is 14.2 Å². The molecule has 1 fully saturated rings. The third-order valence-electron chi connectivity index (χ3n) is 6.93. The van der Waals surface area contributed by atoms with Gasteiger partial charge < -0.3 is 14.2 Å². The summed E-state index contributed by atoms with van der Waals surface area (Å²) in [5, 5.41) is 0. The van der Waals surface area contributed by atoms with Crippen LogP contribution in [0.5, 0.6) is 0 Å². The lowest BCUT2D eigenvalue weighted by atomic mass is 10.0. The number of unbranched alkanes of at least 4 members (excludes halogenated alkanes) is 21. The van der Waals surface area contributed by atoms with E-state index in [9.17, 15) is 0 Å². The maximum atomic E-state index is 5.82. The maximum Gasteiger partial charge on any atom is 0.104 e. The van der Waals surface area contributed by atoms with Crippen LogP contribution in [0.1, 0.15) is 155 Å². The van der Waals surface area contributed by atoms with E-state index in [2.05, 4.69) is 6.92 Å². The molecule has 0 aliphatic carbocycles. The summed E-state index contributed by atoms with van der Waals surface area (Å²) in [6, 6.07) is 0. The van der Waals surface area contributed by atoms with Gasteiger partial charge in [0.05, 0.1) is 13.2 Å². The van der Waals surface area contributed by atoms with Gasteiger partial charge in [0.15, 0.2) is 0 Å². The molecule has 0 spiro atoms. The minimum atomic E-state index is 0.420. The average molecular weight is 469 g/mol. The number of ether oxygens (including phenoxy) is 3. The van der Waals surface area contributed by atoms with Crippen LogP contribution in [-0.4, -0.2) is 39.1 Å². The normalized spacial score (nSPS) is 15.4. The molecular formula is C30H60O3. The predicted molar refractivity (Wildman–Crippen MR) is 143 cm³/mol. The molecule has 3 heteroatoms. The van der Waals surface area contributed by atoms with Gasteiger partial charge in [-0.15, -0.1) is 0 Å². The Hall–Kier alpha value is -0.120. The molecule has 198 valence electrons. The zero-order valence-corrected chi connectivity index (χ0v) is 22.6. The summed E-state index contributed by atoms with van der Waals surface area (Å²) in [6.07, 6.45) is 32.4. The maximum absolute atomic E-state index is 5.82. The van der Waals surface area contributed by atoms with Gasteiger partial charge in [0.2, 0.25) is 0 Å². The van der Waals surface area contributed by atoms with E-state index in [1.54, 1.807) is 0 Å². The van der Waals surface area contributed by atoms with E-state index in [0.717, 1.165) is 33.0 Å². The smallest absolute Gasteiger partial charge is 0.104 e. The molecular weight excluding hydrogens is 408 g/mol. The van der Waals surface area contributed by atoms with Crippen molar-refractivity contribution in [1.29, 1.82) is 0 Å². The molecule has 0 amide bonds. The van der Waals surface area contributed by atoms with Crippen molar-refractivity contribution < 1.29 is 14.2 Å². The van der Waals surface area contributed by atoms with Crippen molar-refractivity contribution in [3.63, 3.8) is 0 Å². The van der Waals surface area contributed by atoms with Crippen LogP contribution in [0.25, 0.3) is 0 Å². The number of rotatable bonds is 29. The Labute approximate surface area is 208 Å². The molecule has 1 aliphatic heterocycles. The molecule has 1 saturated heterocycles. The predicted octanol–water partition coefficient (Wildman–Crippen LogP) is 9.41. The van der Waals surface area contributed by atoms with Gasteiger partial charge in [-0.1, -0.05) is 135 Å². The topological polar surface area (TPSA) is 31.0 Å². The summed E-state index contributed by atoms with van der Waals surface area (Å²) >= 11 is 0. The quantitative estimate of drug-likeness (QED) is 0.0809. The fourth-order valence-electron chi connectivity index (χ4n) is 4.53. The fraction of sp³-hybridized carbons (Fsp3) is 1.00. The third-order valence-corrected chi connectivity index (χ3v) is 6.93. The van der Waals surface area contributed by atoms with Gasteiger partial charge in [-0.2, -0.15) is 0 Å². The molecule has 3 nitrogen and oxygen atoms in total. The Morgan fingerprint density at radius 2 is 0.758 bits per heavy atom.